The number of rotatable bonds is 4. The highest BCUT2D eigenvalue weighted by Gasteiger charge is 2.09. The van der Waals surface area contributed by atoms with Gasteiger partial charge in [-0.15, -0.1) is 0 Å². The van der Waals surface area contributed by atoms with Gasteiger partial charge in [-0.25, -0.2) is 0 Å². The minimum absolute atomic E-state index is 0.00129. The van der Waals surface area contributed by atoms with E-state index in [4.69, 9.17) is 16.3 Å². The summed E-state index contributed by atoms with van der Waals surface area (Å²) in [6.45, 7) is 0.742. The van der Waals surface area contributed by atoms with Gasteiger partial charge in [-0.05, 0) is 6.07 Å². The molecule has 1 amide bonds. The quantitative estimate of drug-likeness (QED) is 0.736. The Labute approximate surface area is 91.4 Å². The number of amides is 1. The molecule has 1 aromatic heterocycles. The predicted octanol–water partition coefficient (Wildman–Crippen LogP) is 0.404. The molecular weight excluding hydrogens is 220 g/mol. The molecule has 0 aliphatic rings. The van der Waals surface area contributed by atoms with Crippen LogP contribution in [0.4, 0.5) is 0 Å². The molecule has 0 saturated carbocycles. The summed E-state index contributed by atoms with van der Waals surface area (Å²) in [5, 5.41) is 2.84. The molecule has 0 aliphatic heterocycles. The van der Waals surface area contributed by atoms with Crippen LogP contribution in [-0.2, 0) is 4.74 Å². The second kappa shape index (κ2) is 5.53. The first kappa shape index (κ1) is 11.7. The van der Waals surface area contributed by atoms with Crippen LogP contribution in [0, 0.1) is 0 Å². The van der Waals surface area contributed by atoms with Gasteiger partial charge >= 0.3 is 0 Å². The van der Waals surface area contributed by atoms with Crippen LogP contribution in [0.5, 0.6) is 0 Å². The van der Waals surface area contributed by atoms with Gasteiger partial charge in [-0.1, -0.05) is 11.6 Å². The zero-order valence-corrected chi connectivity index (χ0v) is 8.93. The number of ether oxygens (including phenoxy) is 1. The average Bonchev–Trinajstić information content (AvgIpc) is 2.22. The van der Waals surface area contributed by atoms with Gasteiger partial charge < -0.3 is 15.0 Å². The number of hydrogen-bond donors (Lipinski definition) is 2. The van der Waals surface area contributed by atoms with Crippen LogP contribution in [0.25, 0.3) is 0 Å². The molecule has 2 N–H and O–H groups in total. The maximum Gasteiger partial charge on any atom is 0.260 e. The number of methoxy groups -OCH3 is 1. The fourth-order valence-corrected chi connectivity index (χ4v) is 1.15. The number of aromatic nitrogens is 1. The van der Waals surface area contributed by atoms with Crippen LogP contribution in [0.2, 0.25) is 5.02 Å². The molecule has 0 radical (unpaired) electrons. The van der Waals surface area contributed by atoms with E-state index in [0.29, 0.717) is 18.2 Å². The zero-order chi connectivity index (χ0) is 11.3. The van der Waals surface area contributed by atoms with Crippen molar-refractivity contribution in [2.75, 3.05) is 20.3 Å². The summed E-state index contributed by atoms with van der Waals surface area (Å²) in [6.07, 6.45) is 1.33. The Bertz CT molecular complexity index is 403. The Kier molecular flexibility index (Phi) is 4.33. The van der Waals surface area contributed by atoms with E-state index in [0.717, 1.165) is 0 Å². The Balaban J connectivity index is 2.73. The zero-order valence-electron chi connectivity index (χ0n) is 8.17. The van der Waals surface area contributed by atoms with Crippen molar-refractivity contribution in [2.45, 2.75) is 0 Å². The largest absolute Gasteiger partial charge is 0.383 e. The number of pyridine rings is 1. The molecule has 0 bridgehead atoms. The molecule has 0 atom stereocenters. The molecule has 1 aromatic rings. The number of nitrogens with one attached hydrogen (secondary N) is 2. The SMILES string of the molecule is COCCNC(=O)c1cc(Cl)c[nH]c1=O. The molecule has 0 spiro atoms. The van der Waals surface area contributed by atoms with Crippen molar-refractivity contribution in [3.63, 3.8) is 0 Å². The van der Waals surface area contributed by atoms with Crippen molar-refractivity contribution in [1.29, 1.82) is 0 Å². The first-order valence-corrected chi connectivity index (χ1v) is 4.68. The number of carbonyl (C=O) groups excluding carboxylic acids is 1. The van der Waals surface area contributed by atoms with Crippen LogP contribution >= 0.6 is 11.6 Å². The fraction of sp³-hybridized carbons (Fsp3) is 0.333. The molecule has 0 aromatic carbocycles. The lowest BCUT2D eigenvalue weighted by Crippen LogP contribution is -2.31. The summed E-state index contributed by atoms with van der Waals surface area (Å²) in [6, 6.07) is 1.32. The van der Waals surface area contributed by atoms with E-state index in [-0.39, 0.29) is 5.56 Å². The molecular formula is C9H11ClN2O3. The normalized spacial score (nSPS) is 10.0. The molecule has 1 heterocycles. The standard InChI is InChI=1S/C9H11ClN2O3/c1-15-3-2-11-8(13)7-4-6(10)5-12-9(7)14/h4-5H,2-3H2,1H3,(H,11,13)(H,12,14). The van der Waals surface area contributed by atoms with Gasteiger partial charge in [0.05, 0.1) is 11.6 Å². The van der Waals surface area contributed by atoms with Crippen molar-refractivity contribution in [3.8, 4) is 0 Å². The summed E-state index contributed by atoms with van der Waals surface area (Å²) in [5.74, 6) is -0.462. The second-order valence-corrected chi connectivity index (χ2v) is 3.25. The van der Waals surface area contributed by atoms with Gasteiger partial charge in [0.15, 0.2) is 0 Å². The lowest BCUT2D eigenvalue weighted by Gasteiger charge is -2.03. The molecule has 0 saturated heterocycles. The predicted molar refractivity (Wildman–Crippen MR) is 56.3 cm³/mol. The van der Waals surface area contributed by atoms with E-state index in [1.165, 1.54) is 19.4 Å². The summed E-state index contributed by atoms with van der Waals surface area (Å²) >= 11 is 5.65. The maximum atomic E-state index is 11.4. The lowest BCUT2D eigenvalue weighted by atomic mass is 10.2. The molecule has 15 heavy (non-hydrogen) atoms. The van der Waals surface area contributed by atoms with Gasteiger partial charge in [-0.3, -0.25) is 9.59 Å². The van der Waals surface area contributed by atoms with Crippen molar-refractivity contribution in [1.82, 2.24) is 10.3 Å². The molecule has 0 unspecified atom stereocenters. The first-order chi connectivity index (χ1) is 7.15. The minimum atomic E-state index is -0.464. The Morgan fingerprint density at radius 1 is 1.67 bits per heavy atom. The highest BCUT2D eigenvalue weighted by molar-refractivity contribution is 6.30. The highest BCUT2D eigenvalue weighted by Crippen LogP contribution is 2.04. The topological polar surface area (TPSA) is 71.2 Å². The number of H-pyrrole nitrogens is 1. The Morgan fingerprint density at radius 2 is 2.40 bits per heavy atom. The molecule has 0 fully saturated rings. The van der Waals surface area contributed by atoms with Crippen LogP contribution < -0.4 is 10.9 Å². The molecule has 6 heteroatoms. The highest BCUT2D eigenvalue weighted by atomic mass is 35.5. The van der Waals surface area contributed by atoms with Crippen LogP contribution in [-0.4, -0.2) is 31.2 Å². The van der Waals surface area contributed by atoms with Gasteiger partial charge in [-0.2, -0.15) is 0 Å². The monoisotopic (exact) mass is 230 g/mol. The van der Waals surface area contributed by atoms with E-state index in [1.54, 1.807) is 0 Å². The first-order valence-electron chi connectivity index (χ1n) is 4.30. The van der Waals surface area contributed by atoms with E-state index >= 15 is 0 Å². The average molecular weight is 231 g/mol. The number of halogens is 1. The van der Waals surface area contributed by atoms with E-state index in [2.05, 4.69) is 10.3 Å². The van der Waals surface area contributed by atoms with Crippen molar-refractivity contribution < 1.29 is 9.53 Å². The van der Waals surface area contributed by atoms with Crippen LogP contribution in [0.3, 0.4) is 0 Å². The smallest absolute Gasteiger partial charge is 0.260 e. The van der Waals surface area contributed by atoms with Gasteiger partial charge in [0.25, 0.3) is 11.5 Å². The lowest BCUT2D eigenvalue weighted by molar-refractivity contribution is 0.0935. The van der Waals surface area contributed by atoms with Gasteiger partial charge in [0.2, 0.25) is 0 Å². The third-order valence-corrected chi connectivity index (χ3v) is 1.92. The Morgan fingerprint density at radius 3 is 3.07 bits per heavy atom. The van der Waals surface area contributed by atoms with Crippen molar-refractivity contribution in [2.24, 2.45) is 0 Å². The number of carbonyl (C=O) groups is 1. The molecule has 0 aliphatic carbocycles. The number of hydrogen-bond acceptors (Lipinski definition) is 3. The summed E-state index contributed by atoms with van der Waals surface area (Å²) < 4.78 is 4.76. The molecule has 82 valence electrons. The van der Waals surface area contributed by atoms with Crippen LogP contribution in [0.1, 0.15) is 10.4 Å². The molecule has 5 nitrogen and oxygen atoms in total. The minimum Gasteiger partial charge on any atom is -0.383 e. The van der Waals surface area contributed by atoms with Gasteiger partial charge in [0, 0.05) is 19.9 Å². The van der Waals surface area contributed by atoms with Crippen molar-refractivity contribution >= 4 is 17.5 Å². The fourth-order valence-electron chi connectivity index (χ4n) is 0.988. The van der Waals surface area contributed by atoms with E-state index in [1.807, 2.05) is 0 Å². The number of aromatic amines is 1. The van der Waals surface area contributed by atoms with Crippen LogP contribution in [0.15, 0.2) is 17.1 Å². The Hall–Kier alpha value is -1.33. The van der Waals surface area contributed by atoms with E-state index in [9.17, 15) is 9.59 Å². The third-order valence-electron chi connectivity index (χ3n) is 1.70. The summed E-state index contributed by atoms with van der Waals surface area (Å²) in [7, 11) is 1.53. The second-order valence-electron chi connectivity index (χ2n) is 2.81. The summed E-state index contributed by atoms with van der Waals surface area (Å²) in [5.41, 5.74) is -0.465. The molecule has 1 rings (SSSR count). The third kappa shape index (κ3) is 3.38. The van der Waals surface area contributed by atoms with Gasteiger partial charge in [0.1, 0.15) is 5.56 Å². The maximum absolute atomic E-state index is 11.4. The van der Waals surface area contributed by atoms with E-state index < -0.39 is 11.5 Å². The van der Waals surface area contributed by atoms with Crippen molar-refractivity contribution in [3.05, 3.63) is 33.2 Å². The summed E-state index contributed by atoms with van der Waals surface area (Å²) in [4.78, 5) is 25.0.